The van der Waals surface area contributed by atoms with Crippen molar-refractivity contribution in [3.05, 3.63) is 58.7 Å². The lowest BCUT2D eigenvalue weighted by Gasteiger charge is -2.26. The minimum atomic E-state index is -3.84. The first kappa shape index (κ1) is 22.4. The van der Waals surface area contributed by atoms with Crippen molar-refractivity contribution >= 4 is 27.1 Å². The Balaban J connectivity index is 1.60. The van der Waals surface area contributed by atoms with Gasteiger partial charge in [-0.15, -0.1) is 10.2 Å². The Bertz CT molecular complexity index is 1470. The summed E-state index contributed by atoms with van der Waals surface area (Å²) >= 11 is 5.98. The van der Waals surface area contributed by atoms with Gasteiger partial charge < -0.3 is 19.6 Å². The Labute approximate surface area is 198 Å². The Morgan fingerprint density at radius 2 is 1.94 bits per heavy atom. The summed E-state index contributed by atoms with van der Waals surface area (Å²) in [5, 5.41) is 12.0. The highest BCUT2D eigenvalue weighted by Crippen LogP contribution is 2.37. The van der Waals surface area contributed by atoms with Gasteiger partial charge in [-0.2, -0.15) is 4.98 Å². The lowest BCUT2D eigenvalue weighted by atomic mass is 10.1. The summed E-state index contributed by atoms with van der Waals surface area (Å²) in [7, 11) is -3.84. The Kier molecular flexibility index (Phi) is 5.58. The topological polar surface area (TPSA) is 141 Å². The van der Waals surface area contributed by atoms with Gasteiger partial charge in [0.1, 0.15) is 5.82 Å². The normalized spacial score (nSPS) is 17.4. The molecule has 0 unspecified atom stereocenters. The Hall–Kier alpha value is -3.35. The fourth-order valence-corrected chi connectivity index (χ4v) is 5.54. The summed E-state index contributed by atoms with van der Waals surface area (Å²) in [5.74, 6) is -1.000. The van der Waals surface area contributed by atoms with E-state index in [9.17, 15) is 8.42 Å². The van der Waals surface area contributed by atoms with Gasteiger partial charge >= 0.3 is 0 Å². The standard InChI is InChI=1S/C21H18ClFN6O4S/c1-11-25-19(28-33-11)21-27-26-20(32-21)15-6-17-18(7-16(15)23)34(30,31)10-14(24)9-29(17)8-12-2-4-13(22)5-3-12/h2-7,14H,8-10,24H2,1H3/t14-/m1/s1. The predicted octanol–water partition coefficient (Wildman–Crippen LogP) is 3.01. The number of fused-ring (bicyclic) bond motifs is 1. The van der Waals surface area contributed by atoms with Gasteiger partial charge in [0, 0.05) is 31.1 Å². The van der Waals surface area contributed by atoms with E-state index in [0.29, 0.717) is 17.5 Å². The van der Waals surface area contributed by atoms with Crippen LogP contribution in [0.25, 0.3) is 23.2 Å². The fraction of sp³-hybridized carbons (Fsp3) is 0.238. The molecule has 2 N–H and O–H groups in total. The van der Waals surface area contributed by atoms with Gasteiger partial charge in [0.05, 0.1) is 21.9 Å². The number of benzene rings is 2. The third kappa shape index (κ3) is 4.27. The van der Waals surface area contributed by atoms with E-state index in [1.165, 1.54) is 6.07 Å². The second kappa shape index (κ2) is 8.46. The first-order chi connectivity index (χ1) is 16.2. The molecule has 0 saturated carbocycles. The zero-order valence-corrected chi connectivity index (χ0v) is 19.3. The highest BCUT2D eigenvalue weighted by molar-refractivity contribution is 7.91. The largest absolute Gasteiger partial charge is 0.413 e. The molecule has 0 spiro atoms. The lowest BCUT2D eigenvalue weighted by Crippen LogP contribution is -2.39. The molecule has 0 bridgehead atoms. The first-order valence-electron chi connectivity index (χ1n) is 10.2. The maximum atomic E-state index is 15.1. The van der Waals surface area contributed by atoms with Crippen LogP contribution in [-0.2, 0) is 16.4 Å². The number of rotatable bonds is 4. The minimum Gasteiger partial charge on any atom is -0.413 e. The summed E-state index contributed by atoms with van der Waals surface area (Å²) in [6.45, 7) is 2.16. The molecule has 13 heteroatoms. The summed E-state index contributed by atoms with van der Waals surface area (Å²) in [4.78, 5) is 5.65. The number of hydrogen-bond donors (Lipinski definition) is 1. The van der Waals surface area contributed by atoms with Crippen molar-refractivity contribution in [2.45, 2.75) is 24.4 Å². The van der Waals surface area contributed by atoms with Crippen molar-refractivity contribution in [2.75, 3.05) is 17.2 Å². The van der Waals surface area contributed by atoms with Crippen molar-refractivity contribution in [2.24, 2.45) is 5.73 Å². The molecule has 5 rings (SSSR count). The van der Waals surface area contributed by atoms with Crippen LogP contribution in [0.3, 0.4) is 0 Å². The third-order valence-electron chi connectivity index (χ3n) is 5.27. The van der Waals surface area contributed by atoms with Crippen molar-refractivity contribution in [3.63, 3.8) is 0 Å². The summed E-state index contributed by atoms with van der Waals surface area (Å²) < 4.78 is 51.5. The summed E-state index contributed by atoms with van der Waals surface area (Å²) in [6.07, 6.45) is 0. The van der Waals surface area contributed by atoms with Crippen LogP contribution in [0.4, 0.5) is 10.1 Å². The molecular formula is C21H18ClFN6O4S. The molecule has 0 amide bonds. The number of aromatic nitrogens is 4. The minimum absolute atomic E-state index is 0.0596. The number of aryl methyl sites for hydroxylation is 1. The first-order valence-corrected chi connectivity index (χ1v) is 12.2. The van der Waals surface area contributed by atoms with Gasteiger partial charge in [-0.25, -0.2) is 12.8 Å². The second-order valence-corrected chi connectivity index (χ2v) is 10.3. The number of nitrogens with zero attached hydrogens (tertiary/aromatic N) is 5. The van der Waals surface area contributed by atoms with Crippen LogP contribution >= 0.6 is 11.6 Å². The molecule has 0 fully saturated rings. The van der Waals surface area contributed by atoms with Gasteiger partial charge in [0.15, 0.2) is 9.84 Å². The van der Waals surface area contributed by atoms with Gasteiger partial charge in [-0.05, 0) is 29.8 Å². The van der Waals surface area contributed by atoms with Crippen LogP contribution in [0, 0.1) is 12.7 Å². The molecule has 0 aliphatic carbocycles. The SMILES string of the molecule is Cc1nc(-c2nnc(-c3cc4c(cc3F)S(=O)(=O)C[C@H](N)CN4Cc3ccc(Cl)cc3)o2)no1. The van der Waals surface area contributed by atoms with E-state index in [4.69, 9.17) is 26.3 Å². The molecule has 0 radical (unpaired) electrons. The molecule has 176 valence electrons. The van der Waals surface area contributed by atoms with Crippen LogP contribution in [0.1, 0.15) is 11.5 Å². The van der Waals surface area contributed by atoms with Crippen LogP contribution in [0.2, 0.25) is 5.02 Å². The number of hydrogen-bond acceptors (Lipinski definition) is 10. The molecule has 34 heavy (non-hydrogen) atoms. The summed E-state index contributed by atoms with van der Waals surface area (Å²) in [5.41, 5.74) is 7.21. The number of halogens is 2. The molecule has 0 saturated heterocycles. The monoisotopic (exact) mass is 504 g/mol. The van der Waals surface area contributed by atoms with Gasteiger partial charge in [-0.1, -0.05) is 28.9 Å². The maximum absolute atomic E-state index is 15.1. The van der Waals surface area contributed by atoms with Crippen LogP contribution < -0.4 is 10.6 Å². The molecule has 2 aromatic heterocycles. The Morgan fingerprint density at radius 3 is 2.65 bits per heavy atom. The predicted molar refractivity (Wildman–Crippen MR) is 120 cm³/mol. The quantitative estimate of drug-likeness (QED) is 0.440. The highest BCUT2D eigenvalue weighted by Gasteiger charge is 2.32. The van der Waals surface area contributed by atoms with E-state index in [1.807, 2.05) is 12.1 Å². The van der Waals surface area contributed by atoms with E-state index in [-0.39, 0.29) is 46.0 Å². The van der Waals surface area contributed by atoms with Gasteiger partial charge in [-0.3, -0.25) is 0 Å². The zero-order valence-electron chi connectivity index (χ0n) is 17.8. The summed E-state index contributed by atoms with van der Waals surface area (Å²) in [6, 6.07) is 8.81. The van der Waals surface area contributed by atoms with Crippen LogP contribution in [0.5, 0.6) is 0 Å². The van der Waals surface area contributed by atoms with E-state index in [1.54, 1.807) is 24.0 Å². The zero-order chi connectivity index (χ0) is 24.0. The Morgan fingerprint density at radius 1 is 1.21 bits per heavy atom. The van der Waals surface area contributed by atoms with Crippen molar-refractivity contribution < 1.29 is 21.7 Å². The molecule has 2 aromatic carbocycles. The molecule has 1 aliphatic heterocycles. The maximum Gasteiger partial charge on any atom is 0.289 e. The average Bonchev–Trinajstić information content (AvgIpc) is 3.41. The van der Waals surface area contributed by atoms with E-state index in [0.717, 1.165) is 11.6 Å². The van der Waals surface area contributed by atoms with Crippen LogP contribution in [0.15, 0.2) is 50.2 Å². The van der Waals surface area contributed by atoms with E-state index in [2.05, 4.69) is 20.3 Å². The fourth-order valence-electron chi connectivity index (χ4n) is 3.78. The number of anilines is 1. The second-order valence-electron chi connectivity index (χ2n) is 7.90. The molecule has 1 aliphatic rings. The third-order valence-corrected chi connectivity index (χ3v) is 7.39. The molecule has 4 aromatic rings. The highest BCUT2D eigenvalue weighted by atomic mass is 35.5. The molecule has 1 atom stereocenters. The number of nitrogens with two attached hydrogens (primary N) is 1. The molecular weight excluding hydrogens is 487 g/mol. The number of sulfone groups is 1. The van der Waals surface area contributed by atoms with Crippen molar-refractivity contribution in [1.82, 2.24) is 20.3 Å². The van der Waals surface area contributed by atoms with Crippen molar-refractivity contribution in [1.29, 1.82) is 0 Å². The molecule has 3 heterocycles. The average molecular weight is 505 g/mol. The van der Waals surface area contributed by atoms with E-state index < -0.39 is 21.7 Å². The molecule has 10 nitrogen and oxygen atoms in total. The lowest BCUT2D eigenvalue weighted by molar-refractivity contribution is 0.392. The van der Waals surface area contributed by atoms with Gasteiger partial charge in [0.2, 0.25) is 5.89 Å². The van der Waals surface area contributed by atoms with Gasteiger partial charge in [0.25, 0.3) is 17.6 Å². The smallest absolute Gasteiger partial charge is 0.289 e. The van der Waals surface area contributed by atoms with Crippen LogP contribution in [-0.4, -0.2) is 47.1 Å². The van der Waals surface area contributed by atoms with E-state index >= 15 is 4.39 Å². The van der Waals surface area contributed by atoms with Crippen molar-refractivity contribution in [3.8, 4) is 23.2 Å².